The van der Waals surface area contributed by atoms with E-state index in [-0.39, 0.29) is 10.6 Å². The smallest absolute Gasteiger partial charge is 0.267 e. The van der Waals surface area contributed by atoms with Gasteiger partial charge in [0.25, 0.3) is 10.0 Å². The molecule has 0 amide bonds. The van der Waals surface area contributed by atoms with Gasteiger partial charge in [-0.3, -0.25) is 4.31 Å². The lowest BCUT2D eigenvalue weighted by molar-refractivity contribution is 0.458. The molecule has 0 saturated heterocycles. The number of hydrogen-bond acceptors (Lipinski definition) is 3. The average Bonchev–Trinajstić information content (AvgIpc) is 2.38. The number of sulfonamides is 1. The van der Waals surface area contributed by atoms with Gasteiger partial charge in [-0.2, -0.15) is 0 Å². The summed E-state index contributed by atoms with van der Waals surface area (Å²) in [6.45, 7) is 1.89. The SMILES string of the molecule is Cc1cccc(N(C)S(=O)(=O)c2ccccc2O)c1. The van der Waals surface area contributed by atoms with Gasteiger partial charge in [-0.05, 0) is 36.8 Å². The van der Waals surface area contributed by atoms with E-state index in [9.17, 15) is 13.5 Å². The van der Waals surface area contributed by atoms with Crippen molar-refractivity contribution in [1.29, 1.82) is 0 Å². The Labute approximate surface area is 113 Å². The van der Waals surface area contributed by atoms with Crippen LogP contribution in [0.1, 0.15) is 5.56 Å². The maximum atomic E-state index is 12.4. The highest BCUT2D eigenvalue weighted by Crippen LogP contribution is 2.28. The quantitative estimate of drug-likeness (QED) is 0.938. The lowest BCUT2D eigenvalue weighted by Crippen LogP contribution is -2.26. The van der Waals surface area contributed by atoms with Gasteiger partial charge in [-0.25, -0.2) is 8.42 Å². The van der Waals surface area contributed by atoms with Crippen molar-refractivity contribution in [3.8, 4) is 5.75 Å². The van der Waals surface area contributed by atoms with Crippen LogP contribution in [0.25, 0.3) is 0 Å². The van der Waals surface area contributed by atoms with E-state index in [0.29, 0.717) is 5.69 Å². The fraction of sp³-hybridized carbons (Fsp3) is 0.143. The first-order chi connectivity index (χ1) is 8.93. The topological polar surface area (TPSA) is 57.6 Å². The normalized spacial score (nSPS) is 11.3. The second kappa shape index (κ2) is 4.93. The Morgan fingerprint density at radius 2 is 1.74 bits per heavy atom. The van der Waals surface area contributed by atoms with Crippen molar-refractivity contribution in [3.05, 3.63) is 54.1 Å². The molecule has 0 unspecified atom stereocenters. The molecular weight excluding hydrogens is 262 g/mol. The molecule has 0 aliphatic rings. The van der Waals surface area contributed by atoms with Gasteiger partial charge in [-0.15, -0.1) is 0 Å². The lowest BCUT2D eigenvalue weighted by Gasteiger charge is -2.20. The molecule has 2 aromatic carbocycles. The minimum absolute atomic E-state index is 0.0981. The van der Waals surface area contributed by atoms with E-state index >= 15 is 0 Å². The maximum absolute atomic E-state index is 12.4. The van der Waals surface area contributed by atoms with Crippen LogP contribution in [-0.2, 0) is 10.0 Å². The summed E-state index contributed by atoms with van der Waals surface area (Å²) in [6.07, 6.45) is 0. The summed E-state index contributed by atoms with van der Waals surface area (Å²) in [6, 6.07) is 13.1. The molecule has 0 radical (unpaired) electrons. The van der Waals surface area contributed by atoms with E-state index in [1.807, 2.05) is 13.0 Å². The van der Waals surface area contributed by atoms with Crippen molar-refractivity contribution in [2.75, 3.05) is 11.4 Å². The van der Waals surface area contributed by atoms with E-state index in [4.69, 9.17) is 0 Å². The van der Waals surface area contributed by atoms with Gasteiger partial charge in [0.1, 0.15) is 10.6 Å². The number of rotatable bonds is 3. The third kappa shape index (κ3) is 2.56. The molecule has 0 aliphatic carbocycles. The number of hydrogen-bond donors (Lipinski definition) is 1. The molecule has 19 heavy (non-hydrogen) atoms. The Morgan fingerprint density at radius 3 is 2.37 bits per heavy atom. The molecule has 100 valence electrons. The maximum Gasteiger partial charge on any atom is 0.267 e. The summed E-state index contributed by atoms with van der Waals surface area (Å²) in [4.78, 5) is -0.0981. The number of phenolic OH excluding ortho intramolecular Hbond substituents is 1. The van der Waals surface area contributed by atoms with Crippen LogP contribution >= 0.6 is 0 Å². The Kier molecular flexibility index (Phi) is 3.48. The number of para-hydroxylation sites is 1. The molecule has 0 bridgehead atoms. The minimum atomic E-state index is -3.76. The van der Waals surface area contributed by atoms with Crippen molar-refractivity contribution in [2.45, 2.75) is 11.8 Å². The van der Waals surface area contributed by atoms with Crippen molar-refractivity contribution in [2.24, 2.45) is 0 Å². The first-order valence-electron chi connectivity index (χ1n) is 5.76. The standard InChI is InChI=1S/C14H15NO3S/c1-11-6-5-7-12(10-11)15(2)19(17,18)14-9-4-3-8-13(14)16/h3-10,16H,1-2H3. The molecule has 1 N–H and O–H groups in total. The molecule has 0 spiro atoms. The van der Waals surface area contributed by atoms with Gasteiger partial charge in [0.05, 0.1) is 5.69 Å². The first kappa shape index (κ1) is 13.4. The monoisotopic (exact) mass is 277 g/mol. The summed E-state index contributed by atoms with van der Waals surface area (Å²) < 4.78 is 26.0. The van der Waals surface area contributed by atoms with Crippen LogP contribution in [0.15, 0.2) is 53.4 Å². The fourth-order valence-electron chi connectivity index (χ4n) is 1.79. The number of phenols is 1. The Bertz CT molecular complexity index is 695. The van der Waals surface area contributed by atoms with Gasteiger partial charge < -0.3 is 5.11 Å². The molecule has 0 aromatic heterocycles. The first-order valence-corrected chi connectivity index (χ1v) is 7.20. The fourth-order valence-corrected chi connectivity index (χ4v) is 3.05. The molecule has 2 rings (SSSR count). The van der Waals surface area contributed by atoms with E-state index in [1.54, 1.807) is 30.3 Å². The van der Waals surface area contributed by atoms with Crippen molar-refractivity contribution >= 4 is 15.7 Å². The Morgan fingerprint density at radius 1 is 1.05 bits per heavy atom. The minimum Gasteiger partial charge on any atom is -0.507 e. The van der Waals surface area contributed by atoms with Gasteiger partial charge in [-0.1, -0.05) is 24.3 Å². The third-order valence-electron chi connectivity index (χ3n) is 2.87. The van der Waals surface area contributed by atoms with Crippen molar-refractivity contribution in [3.63, 3.8) is 0 Å². The highest BCUT2D eigenvalue weighted by molar-refractivity contribution is 7.92. The molecule has 0 atom stereocenters. The summed E-state index contributed by atoms with van der Waals surface area (Å²) in [5.74, 6) is -0.248. The molecule has 2 aromatic rings. The van der Waals surface area contributed by atoms with Crippen LogP contribution < -0.4 is 4.31 Å². The largest absolute Gasteiger partial charge is 0.507 e. The zero-order chi connectivity index (χ0) is 14.0. The highest BCUT2D eigenvalue weighted by atomic mass is 32.2. The van der Waals surface area contributed by atoms with Crippen LogP contribution in [0, 0.1) is 6.92 Å². The van der Waals surface area contributed by atoms with Crippen molar-refractivity contribution in [1.82, 2.24) is 0 Å². The molecule has 0 saturated carbocycles. The molecule has 4 nitrogen and oxygen atoms in total. The molecular formula is C14H15NO3S. The second-order valence-electron chi connectivity index (χ2n) is 4.28. The van der Waals surface area contributed by atoms with Gasteiger partial charge in [0, 0.05) is 7.05 Å². The van der Waals surface area contributed by atoms with Gasteiger partial charge in [0.15, 0.2) is 0 Å². The summed E-state index contributed by atoms with van der Waals surface area (Å²) >= 11 is 0. The van der Waals surface area contributed by atoms with Crippen LogP contribution in [-0.4, -0.2) is 20.6 Å². The van der Waals surface area contributed by atoms with Crippen LogP contribution in [0.5, 0.6) is 5.75 Å². The number of aryl methyl sites for hydroxylation is 1. The predicted molar refractivity (Wildman–Crippen MR) is 74.9 cm³/mol. The highest BCUT2D eigenvalue weighted by Gasteiger charge is 2.24. The number of anilines is 1. The molecule has 0 fully saturated rings. The number of nitrogens with zero attached hydrogens (tertiary/aromatic N) is 1. The van der Waals surface area contributed by atoms with Crippen molar-refractivity contribution < 1.29 is 13.5 Å². The average molecular weight is 277 g/mol. The van der Waals surface area contributed by atoms with Crippen LogP contribution in [0.2, 0.25) is 0 Å². The summed E-state index contributed by atoms with van der Waals surface area (Å²) in [7, 11) is -2.29. The van der Waals surface area contributed by atoms with E-state index in [2.05, 4.69) is 0 Å². The molecule has 0 heterocycles. The van der Waals surface area contributed by atoms with Gasteiger partial charge in [0.2, 0.25) is 0 Å². The number of benzene rings is 2. The zero-order valence-electron chi connectivity index (χ0n) is 10.7. The Balaban J connectivity index is 2.49. The second-order valence-corrected chi connectivity index (χ2v) is 6.22. The summed E-state index contributed by atoms with van der Waals surface area (Å²) in [5, 5.41) is 9.69. The predicted octanol–water partition coefficient (Wildman–Crippen LogP) is 2.53. The summed E-state index contributed by atoms with van der Waals surface area (Å²) in [5.41, 5.74) is 1.53. The molecule has 0 aliphatic heterocycles. The lowest BCUT2D eigenvalue weighted by atomic mass is 10.2. The third-order valence-corrected chi connectivity index (χ3v) is 4.70. The molecule has 5 heteroatoms. The van der Waals surface area contributed by atoms with Gasteiger partial charge >= 0.3 is 0 Å². The Hall–Kier alpha value is -2.01. The van der Waals surface area contributed by atoms with E-state index in [1.165, 1.54) is 19.2 Å². The zero-order valence-corrected chi connectivity index (χ0v) is 11.6. The number of aromatic hydroxyl groups is 1. The van der Waals surface area contributed by atoms with E-state index in [0.717, 1.165) is 9.87 Å². The van der Waals surface area contributed by atoms with Crippen LogP contribution in [0.3, 0.4) is 0 Å². The van der Waals surface area contributed by atoms with Crippen LogP contribution in [0.4, 0.5) is 5.69 Å². The van der Waals surface area contributed by atoms with E-state index < -0.39 is 10.0 Å².